The van der Waals surface area contributed by atoms with Crippen LogP contribution in [0.4, 0.5) is 16.2 Å². The highest BCUT2D eigenvalue weighted by atomic mass is 16.4. The van der Waals surface area contributed by atoms with Gasteiger partial charge in [0.25, 0.3) is 0 Å². The fraction of sp³-hybridized carbons (Fsp3) is 0.533. The molecule has 1 aromatic carbocycles. The van der Waals surface area contributed by atoms with Gasteiger partial charge >= 0.3 is 6.09 Å². The molecule has 1 fully saturated rings. The van der Waals surface area contributed by atoms with Crippen LogP contribution in [0.1, 0.15) is 19.8 Å². The first-order chi connectivity index (χ1) is 9.69. The van der Waals surface area contributed by atoms with E-state index in [9.17, 15) is 4.79 Å². The molecule has 0 bridgehead atoms. The van der Waals surface area contributed by atoms with Crippen molar-refractivity contribution in [2.75, 3.05) is 36.4 Å². The Balaban J connectivity index is 1.85. The Morgan fingerprint density at radius 2 is 1.95 bits per heavy atom. The molecule has 2 rings (SSSR count). The summed E-state index contributed by atoms with van der Waals surface area (Å²) < 4.78 is 0. The van der Waals surface area contributed by atoms with Crippen LogP contribution in [0.2, 0.25) is 0 Å². The van der Waals surface area contributed by atoms with Crippen LogP contribution in [0.25, 0.3) is 0 Å². The second-order valence-electron chi connectivity index (χ2n) is 5.22. The van der Waals surface area contributed by atoms with E-state index in [1.54, 1.807) is 0 Å². The molecule has 1 amide bonds. The summed E-state index contributed by atoms with van der Waals surface area (Å²) >= 11 is 0. The van der Waals surface area contributed by atoms with Crippen LogP contribution in [0.5, 0.6) is 0 Å². The Hall–Kier alpha value is -1.75. The van der Waals surface area contributed by atoms with Crippen molar-refractivity contribution in [3.8, 4) is 0 Å². The van der Waals surface area contributed by atoms with Gasteiger partial charge in [-0.2, -0.15) is 0 Å². The molecule has 0 unspecified atom stereocenters. The molecule has 1 heterocycles. The second kappa shape index (κ2) is 7.14. The Labute approximate surface area is 120 Å². The molecule has 5 heteroatoms. The Bertz CT molecular complexity index is 425. The van der Waals surface area contributed by atoms with E-state index in [0.29, 0.717) is 5.69 Å². The van der Waals surface area contributed by atoms with Crippen molar-refractivity contribution in [1.82, 2.24) is 5.32 Å². The van der Waals surface area contributed by atoms with Crippen LogP contribution in [0.15, 0.2) is 24.3 Å². The standard InChI is InChI=1S/C15H23N3O2/c1-2-16-11-12-7-9-18(10-8-12)14-5-3-13(4-6-14)17-15(19)20/h3-6,12,16-17H,2,7-11H2,1H3,(H,19,20). The number of hydrogen-bond acceptors (Lipinski definition) is 3. The second-order valence-corrected chi connectivity index (χ2v) is 5.22. The van der Waals surface area contributed by atoms with Gasteiger partial charge in [0.15, 0.2) is 0 Å². The third-order valence-corrected chi connectivity index (χ3v) is 3.78. The average molecular weight is 277 g/mol. The molecule has 5 nitrogen and oxygen atoms in total. The van der Waals surface area contributed by atoms with Gasteiger partial charge < -0.3 is 15.3 Å². The zero-order valence-electron chi connectivity index (χ0n) is 11.9. The summed E-state index contributed by atoms with van der Waals surface area (Å²) in [5.74, 6) is 0.777. The molecular formula is C15H23N3O2. The summed E-state index contributed by atoms with van der Waals surface area (Å²) in [6.45, 7) is 6.44. The lowest BCUT2D eigenvalue weighted by molar-refractivity contribution is 0.210. The van der Waals surface area contributed by atoms with Crippen molar-refractivity contribution in [2.24, 2.45) is 5.92 Å². The fourth-order valence-electron chi connectivity index (χ4n) is 2.62. The lowest BCUT2D eigenvalue weighted by atomic mass is 9.96. The van der Waals surface area contributed by atoms with Crippen molar-refractivity contribution < 1.29 is 9.90 Å². The molecule has 0 saturated carbocycles. The van der Waals surface area contributed by atoms with E-state index in [2.05, 4.69) is 22.5 Å². The highest BCUT2D eigenvalue weighted by Crippen LogP contribution is 2.24. The largest absolute Gasteiger partial charge is 0.465 e. The van der Waals surface area contributed by atoms with Crippen molar-refractivity contribution in [1.29, 1.82) is 0 Å². The van der Waals surface area contributed by atoms with E-state index < -0.39 is 6.09 Å². The summed E-state index contributed by atoms with van der Waals surface area (Å²) in [6.07, 6.45) is 1.39. The number of piperidine rings is 1. The molecule has 3 N–H and O–H groups in total. The number of anilines is 2. The number of benzene rings is 1. The fourth-order valence-corrected chi connectivity index (χ4v) is 2.62. The average Bonchev–Trinajstić information content (AvgIpc) is 2.46. The zero-order chi connectivity index (χ0) is 14.4. The van der Waals surface area contributed by atoms with Crippen molar-refractivity contribution in [3.63, 3.8) is 0 Å². The van der Waals surface area contributed by atoms with E-state index in [0.717, 1.165) is 32.1 Å². The SMILES string of the molecule is CCNCC1CCN(c2ccc(NC(=O)O)cc2)CC1. The van der Waals surface area contributed by atoms with E-state index >= 15 is 0 Å². The first kappa shape index (κ1) is 14.7. The number of nitrogens with one attached hydrogen (secondary N) is 2. The normalized spacial score (nSPS) is 16.1. The van der Waals surface area contributed by atoms with E-state index in [-0.39, 0.29) is 0 Å². The van der Waals surface area contributed by atoms with Crippen LogP contribution < -0.4 is 15.5 Å². The van der Waals surface area contributed by atoms with E-state index in [4.69, 9.17) is 5.11 Å². The maximum Gasteiger partial charge on any atom is 0.409 e. The minimum atomic E-state index is -1.03. The maximum atomic E-state index is 10.6. The third-order valence-electron chi connectivity index (χ3n) is 3.78. The number of carbonyl (C=O) groups is 1. The molecule has 1 aliphatic heterocycles. The number of amides is 1. The van der Waals surface area contributed by atoms with Crippen molar-refractivity contribution in [3.05, 3.63) is 24.3 Å². The van der Waals surface area contributed by atoms with Gasteiger partial charge in [0, 0.05) is 24.5 Å². The molecule has 1 saturated heterocycles. The van der Waals surface area contributed by atoms with Crippen molar-refractivity contribution in [2.45, 2.75) is 19.8 Å². The van der Waals surface area contributed by atoms with Crippen LogP contribution >= 0.6 is 0 Å². The Kier molecular flexibility index (Phi) is 5.24. The lowest BCUT2D eigenvalue weighted by Gasteiger charge is -2.33. The molecule has 0 atom stereocenters. The number of rotatable bonds is 5. The first-order valence-electron chi connectivity index (χ1n) is 7.24. The van der Waals surface area contributed by atoms with Gasteiger partial charge in [-0.05, 0) is 56.1 Å². The summed E-state index contributed by atoms with van der Waals surface area (Å²) in [7, 11) is 0. The van der Waals surface area contributed by atoms with Gasteiger partial charge in [0.2, 0.25) is 0 Å². The molecule has 0 aliphatic carbocycles. The third kappa shape index (κ3) is 4.13. The Morgan fingerprint density at radius 1 is 1.30 bits per heavy atom. The predicted octanol–water partition coefficient (Wildman–Crippen LogP) is 2.60. The van der Waals surface area contributed by atoms with Gasteiger partial charge in [0.05, 0.1) is 0 Å². The number of hydrogen-bond donors (Lipinski definition) is 3. The summed E-state index contributed by atoms with van der Waals surface area (Å²) in [4.78, 5) is 12.9. The molecule has 0 radical (unpaired) electrons. The number of carboxylic acid groups (broad SMARTS) is 1. The van der Waals surface area contributed by atoms with Gasteiger partial charge in [-0.1, -0.05) is 6.92 Å². The number of nitrogens with zero attached hydrogens (tertiary/aromatic N) is 1. The summed E-state index contributed by atoms with van der Waals surface area (Å²) in [6, 6.07) is 7.59. The lowest BCUT2D eigenvalue weighted by Crippen LogP contribution is -2.37. The van der Waals surface area contributed by atoms with Gasteiger partial charge in [-0.3, -0.25) is 5.32 Å². The van der Waals surface area contributed by atoms with E-state index in [1.165, 1.54) is 18.5 Å². The molecule has 0 spiro atoms. The predicted molar refractivity (Wildman–Crippen MR) is 81.6 cm³/mol. The molecule has 110 valence electrons. The van der Waals surface area contributed by atoms with Crippen LogP contribution in [-0.2, 0) is 0 Å². The molecular weight excluding hydrogens is 254 g/mol. The van der Waals surface area contributed by atoms with Crippen molar-refractivity contribution >= 4 is 17.5 Å². The first-order valence-corrected chi connectivity index (χ1v) is 7.24. The van der Waals surface area contributed by atoms with Gasteiger partial charge in [-0.15, -0.1) is 0 Å². The summed E-state index contributed by atoms with van der Waals surface area (Å²) in [5, 5.41) is 14.4. The summed E-state index contributed by atoms with van der Waals surface area (Å²) in [5.41, 5.74) is 1.78. The van der Waals surface area contributed by atoms with Crippen LogP contribution in [0, 0.1) is 5.92 Å². The molecule has 1 aromatic rings. The van der Waals surface area contributed by atoms with Gasteiger partial charge in [0.1, 0.15) is 0 Å². The van der Waals surface area contributed by atoms with Crippen LogP contribution in [-0.4, -0.2) is 37.4 Å². The highest BCUT2D eigenvalue weighted by Gasteiger charge is 2.18. The topological polar surface area (TPSA) is 64.6 Å². The van der Waals surface area contributed by atoms with Gasteiger partial charge in [-0.25, -0.2) is 4.79 Å². The zero-order valence-corrected chi connectivity index (χ0v) is 11.9. The van der Waals surface area contributed by atoms with E-state index in [1.807, 2.05) is 24.3 Å². The minimum absolute atomic E-state index is 0.614. The molecule has 0 aromatic heterocycles. The molecule has 20 heavy (non-hydrogen) atoms. The Morgan fingerprint density at radius 3 is 2.50 bits per heavy atom. The minimum Gasteiger partial charge on any atom is -0.465 e. The van der Waals surface area contributed by atoms with Crippen LogP contribution in [0.3, 0.4) is 0 Å². The maximum absolute atomic E-state index is 10.6. The monoisotopic (exact) mass is 277 g/mol. The molecule has 1 aliphatic rings. The smallest absolute Gasteiger partial charge is 0.409 e. The highest BCUT2D eigenvalue weighted by molar-refractivity contribution is 5.83. The quantitative estimate of drug-likeness (QED) is 0.774.